The van der Waals surface area contributed by atoms with Gasteiger partial charge in [0.25, 0.3) is 0 Å². The first-order chi connectivity index (χ1) is 10.8. The van der Waals surface area contributed by atoms with Gasteiger partial charge in [-0.1, -0.05) is 27.2 Å². The van der Waals surface area contributed by atoms with Gasteiger partial charge in [0.05, 0.1) is 16.8 Å². The molecule has 1 fully saturated rings. The molecule has 1 aliphatic carbocycles. The summed E-state index contributed by atoms with van der Waals surface area (Å²) in [6.45, 7) is 7.68. The second-order valence-corrected chi connectivity index (χ2v) is 8.37. The molecule has 5 nitrogen and oxygen atoms in total. The third kappa shape index (κ3) is 5.18. The molecule has 2 N–H and O–H groups in total. The van der Waals surface area contributed by atoms with Gasteiger partial charge >= 0.3 is 6.03 Å². The van der Waals surface area contributed by atoms with Crippen LogP contribution in [-0.4, -0.2) is 47.3 Å². The van der Waals surface area contributed by atoms with Crippen LogP contribution < -0.4 is 5.32 Å². The molecule has 0 saturated heterocycles. The number of thiazole rings is 1. The van der Waals surface area contributed by atoms with Crippen molar-refractivity contribution < 1.29 is 9.90 Å². The van der Waals surface area contributed by atoms with E-state index in [0.29, 0.717) is 13.1 Å². The molecule has 23 heavy (non-hydrogen) atoms. The Morgan fingerprint density at radius 3 is 2.78 bits per heavy atom. The van der Waals surface area contributed by atoms with Crippen LogP contribution in [0.3, 0.4) is 0 Å². The van der Waals surface area contributed by atoms with Gasteiger partial charge in [-0.15, -0.1) is 11.3 Å². The van der Waals surface area contributed by atoms with Gasteiger partial charge in [-0.05, 0) is 12.8 Å². The molecular formula is C17H29N3O2S. The number of nitrogens with one attached hydrogen (secondary N) is 1. The fraction of sp³-hybridized carbons (Fsp3) is 0.765. The van der Waals surface area contributed by atoms with E-state index in [4.69, 9.17) is 0 Å². The lowest BCUT2D eigenvalue weighted by Crippen LogP contribution is -2.41. The molecule has 0 aromatic carbocycles. The van der Waals surface area contributed by atoms with E-state index in [-0.39, 0.29) is 23.5 Å². The first-order valence-corrected chi connectivity index (χ1v) is 9.27. The van der Waals surface area contributed by atoms with Crippen LogP contribution >= 0.6 is 11.3 Å². The van der Waals surface area contributed by atoms with Crippen molar-refractivity contribution in [2.75, 3.05) is 20.1 Å². The number of hydrogen-bond acceptors (Lipinski definition) is 4. The predicted octanol–water partition coefficient (Wildman–Crippen LogP) is 2.79. The molecule has 130 valence electrons. The maximum Gasteiger partial charge on any atom is 0.317 e. The molecule has 6 heteroatoms. The zero-order valence-corrected chi connectivity index (χ0v) is 15.4. The number of rotatable bonds is 5. The molecule has 1 saturated carbocycles. The average molecular weight is 340 g/mol. The van der Waals surface area contributed by atoms with Crippen LogP contribution in [0.2, 0.25) is 0 Å². The molecule has 2 amide bonds. The van der Waals surface area contributed by atoms with E-state index < -0.39 is 0 Å². The molecule has 0 aliphatic heterocycles. The van der Waals surface area contributed by atoms with Crippen LogP contribution in [0, 0.1) is 5.92 Å². The third-order valence-electron chi connectivity index (χ3n) is 4.32. The molecule has 1 aromatic rings. The van der Waals surface area contributed by atoms with E-state index in [9.17, 15) is 9.90 Å². The lowest BCUT2D eigenvalue weighted by atomic mass is 9.98. The van der Waals surface area contributed by atoms with Gasteiger partial charge in [-0.3, -0.25) is 0 Å². The maximum atomic E-state index is 12.1. The molecule has 1 heterocycles. The fourth-order valence-electron chi connectivity index (χ4n) is 2.86. The van der Waals surface area contributed by atoms with E-state index in [1.165, 1.54) is 0 Å². The Kier molecular flexibility index (Phi) is 6.03. The number of nitrogens with zero attached hydrogens (tertiary/aromatic N) is 2. The Bertz CT molecular complexity index is 524. The number of aliphatic hydroxyl groups excluding tert-OH is 1. The second kappa shape index (κ2) is 7.62. The Morgan fingerprint density at radius 2 is 2.22 bits per heavy atom. The highest BCUT2D eigenvalue weighted by molar-refractivity contribution is 7.09. The SMILES string of the molecule is CN(C[C@H]1CCC[C@H]1O)C(=O)NCCc1csc(C(C)(C)C)n1. The molecule has 1 aliphatic rings. The second-order valence-electron chi connectivity index (χ2n) is 7.51. The molecule has 2 atom stereocenters. The minimum absolute atomic E-state index is 0.0737. The van der Waals surface area contributed by atoms with E-state index in [1.54, 1.807) is 23.3 Å². The van der Waals surface area contributed by atoms with Gasteiger partial charge in [0, 0.05) is 43.3 Å². The van der Waals surface area contributed by atoms with Crippen molar-refractivity contribution in [1.29, 1.82) is 0 Å². The quantitative estimate of drug-likeness (QED) is 0.867. The number of aliphatic hydroxyl groups is 1. The number of amides is 2. The summed E-state index contributed by atoms with van der Waals surface area (Å²) in [5.41, 5.74) is 1.11. The predicted molar refractivity (Wildman–Crippen MR) is 93.9 cm³/mol. The molecule has 1 aromatic heterocycles. The number of carbonyl (C=O) groups is 1. The molecule has 0 bridgehead atoms. The lowest BCUT2D eigenvalue weighted by Gasteiger charge is -2.23. The minimum Gasteiger partial charge on any atom is -0.393 e. The zero-order valence-electron chi connectivity index (χ0n) is 14.6. The van der Waals surface area contributed by atoms with Crippen molar-refractivity contribution in [3.8, 4) is 0 Å². The van der Waals surface area contributed by atoms with Crippen LogP contribution in [-0.2, 0) is 11.8 Å². The summed E-state index contributed by atoms with van der Waals surface area (Å²) < 4.78 is 0. The van der Waals surface area contributed by atoms with Crippen LogP contribution in [0.25, 0.3) is 0 Å². The monoisotopic (exact) mass is 339 g/mol. The molecule has 0 unspecified atom stereocenters. The summed E-state index contributed by atoms with van der Waals surface area (Å²) in [4.78, 5) is 18.4. The van der Waals surface area contributed by atoms with Crippen molar-refractivity contribution in [3.63, 3.8) is 0 Å². The van der Waals surface area contributed by atoms with Crippen molar-refractivity contribution in [1.82, 2.24) is 15.2 Å². The molecule has 0 radical (unpaired) electrons. The minimum atomic E-state index is -0.254. The normalized spacial score (nSPS) is 21.4. The topological polar surface area (TPSA) is 65.5 Å². The highest BCUT2D eigenvalue weighted by atomic mass is 32.1. The fourth-order valence-corrected chi connectivity index (χ4v) is 3.81. The average Bonchev–Trinajstić information content (AvgIpc) is 3.08. The van der Waals surface area contributed by atoms with Gasteiger partial charge in [0.1, 0.15) is 0 Å². The summed E-state index contributed by atoms with van der Waals surface area (Å²) in [6, 6.07) is -0.0737. The number of hydrogen-bond donors (Lipinski definition) is 2. The summed E-state index contributed by atoms with van der Waals surface area (Å²) in [5, 5.41) is 16.0. The van der Waals surface area contributed by atoms with E-state index in [0.717, 1.165) is 36.4 Å². The summed E-state index contributed by atoms with van der Waals surface area (Å²) in [6.07, 6.45) is 3.42. The highest BCUT2D eigenvalue weighted by Crippen LogP contribution is 2.26. The summed E-state index contributed by atoms with van der Waals surface area (Å²) in [5.74, 6) is 0.221. The first-order valence-electron chi connectivity index (χ1n) is 8.39. The van der Waals surface area contributed by atoms with Crippen molar-refractivity contribution in [2.45, 2.75) is 58.0 Å². The van der Waals surface area contributed by atoms with E-state index >= 15 is 0 Å². The standard InChI is InChI=1S/C17H29N3O2S/c1-17(2,3)15-19-13(11-23-15)8-9-18-16(22)20(4)10-12-6-5-7-14(12)21/h11-12,14,21H,5-10H2,1-4H3,(H,18,22)/t12-,14-/m1/s1. The van der Waals surface area contributed by atoms with Crippen LogP contribution in [0.1, 0.15) is 50.7 Å². The van der Waals surface area contributed by atoms with E-state index in [1.807, 2.05) is 0 Å². The van der Waals surface area contributed by atoms with Crippen molar-refractivity contribution in [2.24, 2.45) is 5.92 Å². The van der Waals surface area contributed by atoms with Crippen LogP contribution in [0.15, 0.2) is 5.38 Å². The largest absolute Gasteiger partial charge is 0.393 e. The molecule has 2 rings (SSSR count). The maximum absolute atomic E-state index is 12.1. The smallest absolute Gasteiger partial charge is 0.317 e. The Labute approximate surface area is 143 Å². The van der Waals surface area contributed by atoms with Crippen molar-refractivity contribution >= 4 is 17.4 Å². The van der Waals surface area contributed by atoms with Crippen molar-refractivity contribution in [3.05, 3.63) is 16.1 Å². The summed E-state index contributed by atoms with van der Waals surface area (Å²) >= 11 is 1.68. The first kappa shape index (κ1) is 18.2. The number of urea groups is 1. The number of carbonyl (C=O) groups excluding carboxylic acids is 1. The lowest BCUT2D eigenvalue weighted by molar-refractivity contribution is 0.114. The Morgan fingerprint density at radius 1 is 1.48 bits per heavy atom. The van der Waals surface area contributed by atoms with Gasteiger partial charge < -0.3 is 15.3 Å². The Balaban J connectivity index is 1.72. The highest BCUT2D eigenvalue weighted by Gasteiger charge is 2.27. The van der Waals surface area contributed by atoms with Gasteiger partial charge in [-0.2, -0.15) is 0 Å². The van der Waals surface area contributed by atoms with Crippen LogP contribution in [0.5, 0.6) is 0 Å². The molecule has 0 spiro atoms. The summed E-state index contributed by atoms with van der Waals surface area (Å²) in [7, 11) is 1.79. The third-order valence-corrected chi connectivity index (χ3v) is 5.64. The zero-order chi connectivity index (χ0) is 17.0. The van der Waals surface area contributed by atoms with Gasteiger partial charge in [-0.25, -0.2) is 9.78 Å². The van der Waals surface area contributed by atoms with E-state index in [2.05, 4.69) is 36.5 Å². The van der Waals surface area contributed by atoms with Gasteiger partial charge in [0.15, 0.2) is 0 Å². The van der Waals surface area contributed by atoms with Crippen LogP contribution in [0.4, 0.5) is 4.79 Å². The van der Waals surface area contributed by atoms with Gasteiger partial charge in [0.2, 0.25) is 0 Å². The number of aromatic nitrogens is 1. The molecular weight excluding hydrogens is 310 g/mol. The Hall–Kier alpha value is -1.14.